The molecule has 3 nitrogen and oxygen atoms in total. The molecule has 4 heteroatoms. The fourth-order valence-corrected chi connectivity index (χ4v) is 1.90. The van der Waals surface area contributed by atoms with Gasteiger partial charge in [0.2, 0.25) is 0 Å². The molecule has 1 atom stereocenters. The van der Waals surface area contributed by atoms with Gasteiger partial charge in [-0.2, -0.15) is 0 Å². The van der Waals surface area contributed by atoms with E-state index in [9.17, 15) is 0 Å². The summed E-state index contributed by atoms with van der Waals surface area (Å²) in [4.78, 5) is 8.09. The third-order valence-electron chi connectivity index (χ3n) is 2.42. The number of pyridine rings is 2. The normalized spacial score (nSPS) is 12.4. The van der Waals surface area contributed by atoms with Gasteiger partial charge in [-0.05, 0) is 30.3 Å². The second-order valence-corrected chi connectivity index (χ2v) is 3.81. The quantitative estimate of drug-likeness (QED) is 0.885. The minimum atomic E-state index is 0.0456. The first-order valence-corrected chi connectivity index (χ1v) is 5.37. The average Bonchev–Trinajstić information content (AvgIpc) is 2.34. The van der Waals surface area contributed by atoms with Crippen molar-refractivity contribution < 1.29 is 0 Å². The van der Waals surface area contributed by atoms with Gasteiger partial charge in [0, 0.05) is 24.8 Å². The van der Waals surface area contributed by atoms with Crippen LogP contribution < -0.4 is 5.32 Å². The molecule has 0 saturated heterocycles. The van der Waals surface area contributed by atoms with Gasteiger partial charge in [0.15, 0.2) is 0 Å². The summed E-state index contributed by atoms with van der Waals surface area (Å²) in [5.74, 6) is 0. The van der Waals surface area contributed by atoms with Gasteiger partial charge >= 0.3 is 0 Å². The van der Waals surface area contributed by atoms with Crippen LogP contribution in [-0.2, 0) is 0 Å². The van der Waals surface area contributed by atoms with E-state index in [0.717, 1.165) is 11.1 Å². The molecule has 1 N–H and O–H groups in total. The molecule has 2 rings (SSSR count). The summed E-state index contributed by atoms with van der Waals surface area (Å²) < 4.78 is 0. The molecule has 0 bridgehead atoms. The van der Waals surface area contributed by atoms with E-state index in [1.807, 2.05) is 31.4 Å². The van der Waals surface area contributed by atoms with Crippen LogP contribution in [0.2, 0.25) is 5.02 Å². The number of hydrogen-bond donors (Lipinski definition) is 1. The van der Waals surface area contributed by atoms with Crippen molar-refractivity contribution in [1.29, 1.82) is 0 Å². The monoisotopic (exact) mass is 233 g/mol. The molecule has 0 aliphatic rings. The summed E-state index contributed by atoms with van der Waals surface area (Å²) in [6, 6.07) is 5.89. The molecule has 0 aliphatic heterocycles. The molecular weight excluding hydrogens is 222 g/mol. The van der Waals surface area contributed by atoms with Crippen molar-refractivity contribution in [2.24, 2.45) is 0 Å². The number of nitrogens with zero attached hydrogens (tertiary/aromatic N) is 2. The second kappa shape index (κ2) is 5.05. The largest absolute Gasteiger partial charge is 0.309 e. The Morgan fingerprint density at radius 2 is 2.00 bits per heavy atom. The Hall–Kier alpha value is -1.45. The van der Waals surface area contributed by atoms with Crippen LogP contribution in [0.5, 0.6) is 0 Å². The van der Waals surface area contributed by atoms with Crippen molar-refractivity contribution in [2.75, 3.05) is 7.05 Å². The maximum Gasteiger partial charge on any atom is 0.0640 e. The predicted molar refractivity (Wildman–Crippen MR) is 64.4 cm³/mol. The minimum Gasteiger partial charge on any atom is -0.309 e. The smallest absolute Gasteiger partial charge is 0.0640 e. The molecule has 0 fully saturated rings. The minimum absolute atomic E-state index is 0.0456. The summed E-state index contributed by atoms with van der Waals surface area (Å²) >= 11 is 6.12. The third-order valence-corrected chi connectivity index (χ3v) is 2.74. The summed E-state index contributed by atoms with van der Waals surface area (Å²) in [5, 5.41) is 3.88. The van der Waals surface area contributed by atoms with Crippen LogP contribution in [0.3, 0.4) is 0 Å². The molecule has 16 heavy (non-hydrogen) atoms. The molecule has 2 aromatic rings. The highest BCUT2D eigenvalue weighted by Gasteiger charge is 2.14. The van der Waals surface area contributed by atoms with E-state index in [0.29, 0.717) is 5.02 Å². The van der Waals surface area contributed by atoms with Crippen molar-refractivity contribution in [3.05, 3.63) is 59.1 Å². The topological polar surface area (TPSA) is 37.8 Å². The zero-order valence-electron chi connectivity index (χ0n) is 8.89. The van der Waals surface area contributed by atoms with E-state index in [2.05, 4.69) is 15.3 Å². The Balaban J connectivity index is 2.41. The number of halogens is 1. The van der Waals surface area contributed by atoms with Gasteiger partial charge in [0.25, 0.3) is 0 Å². The Kier molecular flexibility index (Phi) is 3.49. The zero-order chi connectivity index (χ0) is 11.4. The van der Waals surface area contributed by atoms with Gasteiger partial charge in [0.05, 0.1) is 11.1 Å². The molecule has 2 heterocycles. The maximum absolute atomic E-state index is 6.12. The van der Waals surface area contributed by atoms with E-state index in [1.54, 1.807) is 18.6 Å². The highest BCUT2D eigenvalue weighted by atomic mass is 35.5. The van der Waals surface area contributed by atoms with Gasteiger partial charge in [0.1, 0.15) is 0 Å². The van der Waals surface area contributed by atoms with Gasteiger partial charge in [-0.1, -0.05) is 17.7 Å². The van der Waals surface area contributed by atoms with Crippen LogP contribution in [0.15, 0.2) is 43.0 Å². The molecule has 0 amide bonds. The number of rotatable bonds is 3. The molecule has 1 unspecified atom stereocenters. The van der Waals surface area contributed by atoms with E-state index in [1.165, 1.54) is 0 Å². The first-order valence-electron chi connectivity index (χ1n) is 4.99. The molecule has 0 spiro atoms. The number of hydrogen-bond acceptors (Lipinski definition) is 3. The van der Waals surface area contributed by atoms with Crippen LogP contribution in [0, 0.1) is 0 Å². The van der Waals surface area contributed by atoms with Crippen molar-refractivity contribution >= 4 is 11.6 Å². The highest BCUT2D eigenvalue weighted by Crippen LogP contribution is 2.26. The van der Waals surface area contributed by atoms with Crippen LogP contribution in [0.25, 0.3) is 0 Å². The van der Waals surface area contributed by atoms with Gasteiger partial charge in [-0.3, -0.25) is 9.97 Å². The molecule has 2 aromatic heterocycles. The highest BCUT2D eigenvalue weighted by molar-refractivity contribution is 6.31. The summed E-state index contributed by atoms with van der Waals surface area (Å²) in [7, 11) is 1.90. The number of nitrogens with one attached hydrogen (secondary N) is 1. The lowest BCUT2D eigenvalue weighted by Crippen LogP contribution is -2.18. The van der Waals surface area contributed by atoms with Crippen molar-refractivity contribution in [3.63, 3.8) is 0 Å². The first kappa shape index (κ1) is 11.0. The van der Waals surface area contributed by atoms with Gasteiger partial charge in [-0.25, -0.2) is 0 Å². The molecule has 82 valence electrons. The predicted octanol–water partition coefficient (Wildman–Crippen LogP) is 2.44. The van der Waals surface area contributed by atoms with E-state index in [4.69, 9.17) is 11.6 Å². The Morgan fingerprint density at radius 1 is 1.19 bits per heavy atom. The Bertz CT molecular complexity index is 459. The fourth-order valence-electron chi connectivity index (χ4n) is 1.67. The zero-order valence-corrected chi connectivity index (χ0v) is 9.65. The van der Waals surface area contributed by atoms with E-state index in [-0.39, 0.29) is 6.04 Å². The van der Waals surface area contributed by atoms with E-state index < -0.39 is 0 Å². The summed E-state index contributed by atoms with van der Waals surface area (Å²) in [6.07, 6.45) is 6.97. The average molecular weight is 234 g/mol. The summed E-state index contributed by atoms with van der Waals surface area (Å²) in [6.45, 7) is 0. The van der Waals surface area contributed by atoms with E-state index >= 15 is 0 Å². The van der Waals surface area contributed by atoms with Crippen molar-refractivity contribution in [2.45, 2.75) is 6.04 Å². The van der Waals surface area contributed by atoms with Crippen molar-refractivity contribution in [1.82, 2.24) is 15.3 Å². The first-order chi connectivity index (χ1) is 7.83. The molecule has 0 aliphatic carbocycles. The lowest BCUT2D eigenvalue weighted by molar-refractivity contribution is 0.688. The third kappa shape index (κ3) is 2.21. The number of aromatic nitrogens is 2. The summed E-state index contributed by atoms with van der Waals surface area (Å²) in [5.41, 5.74) is 2.09. The van der Waals surface area contributed by atoms with Crippen molar-refractivity contribution in [3.8, 4) is 0 Å². The SMILES string of the molecule is CNC(c1cccnc1)c1ccncc1Cl. The molecule has 0 radical (unpaired) electrons. The standard InChI is InChI=1S/C12H12ClN3/c1-14-12(9-3-2-5-15-7-9)10-4-6-16-8-11(10)13/h2-8,12,14H,1H3. The molecule has 0 aromatic carbocycles. The molecular formula is C12H12ClN3. The van der Waals surface area contributed by atoms with Gasteiger partial charge in [-0.15, -0.1) is 0 Å². The van der Waals surface area contributed by atoms with Gasteiger partial charge < -0.3 is 5.32 Å². The van der Waals surface area contributed by atoms with Crippen LogP contribution in [0.4, 0.5) is 0 Å². The lowest BCUT2D eigenvalue weighted by Gasteiger charge is -2.17. The lowest BCUT2D eigenvalue weighted by atomic mass is 10.0. The molecule has 0 saturated carbocycles. The fraction of sp³-hybridized carbons (Fsp3) is 0.167. The van der Waals surface area contributed by atoms with Crippen LogP contribution >= 0.6 is 11.6 Å². The van der Waals surface area contributed by atoms with Crippen LogP contribution in [-0.4, -0.2) is 17.0 Å². The second-order valence-electron chi connectivity index (χ2n) is 3.41. The van der Waals surface area contributed by atoms with Crippen LogP contribution in [0.1, 0.15) is 17.2 Å². The Morgan fingerprint density at radius 3 is 2.62 bits per heavy atom. The maximum atomic E-state index is 6.12. The Labute approximate surface area is 99.5 Å².